The maximum absolute atomic E-state index is 13.2. The van der Waals surface area contributed by atoms with Crippen LogP contribution in [0.5, 0.6) is 5.75 Å². The second kappa shape index (κ2) is 5.52. The van der Waals surface area contributed by atoms with Gasteiger partial charge in [-0.25, -0.2) is 4.39 Å². The second-order valence-electron chi connectivity index (χ2n) is 5.07. The van der Waals surface area contributed by atoms with Gasteiger partial charge in [-0.1, -0.05) is 12.1 Å². The van der Waals surface area contributed by atoms with Crippen molar-refractivity contribution in [1.82, 2.24) is 4.98 Å². The van der Waals surface area contributed by atoms with Gasteiger partial charge in [0.2, 0.25) is 0 Å². The zero-order chi connectivity index (χ0) is 15.7. The number of anilines is 1. The van der Waals surface area contributed by atoms with E-state index >= 15 is 0 Å². The van der Waals surface area contributed by atoms with Crippen molar-refractivity contribution in [3.8, 4) is 5.75 Å². The van der Waals surface area contributed by atoms with E-state index in [9.17, 15) is 9.18 Å². The number of ether oxygens (including phenoxy) is 1. The number of hydrogen-bond acceptors (Lipinski definition) is 2. The van der Waals surface area contributed by atoms with E-state index in [1.54, 1.807) is 6.07 Å². The third-order valence-corrected chi connectivity index (χ3v) is 3.43. The molecule has 3 rings (SSSR count). The molecule has 2 aromatic carbocycles. The summed E-state index contributed by atoms with van der Waals surface area (Å²) in [7, 11) is 1.43. The van der Waals surface area contributed by atoms with Gasteiger partial charge in [0.05, 0.1) is 12.8 Å². The number of carbonyl (C=O) groups excluding carboxylic acids is 1. The number of nitrogens with one attached hydrogen (secondary N) is 2. The van der Waals surface area contributed by atoms with E-state index in [1.165, 1.54) is 25.3 Å². The molecule has 0 aliphatic heterocycles. The number of aryl methyl sites for hydroxylation is 1. The van der Waals surface area contributed by atoms with Crippen LogP contribution >= 0.6 is 0 Å². The molecule has 22 heavy (non-hydrogen) atoms. The Morgan fingerprint density at radius 2 is 2.00 bits per heavy atom. The van der Waals surface area contributed by atoms with Crippen LogP contribution in [-0.4, -0.2) is 18.0 Å². The van der Waals surface area contributed by atoms with Crippen LogP contribution in [0.15, 0.2) is 42.5 Å². The average molecular weight is 298 g/mol. The molecular formula is C17H15FN2O2. The SMILES string of the molecule is COc1cc(F)ccc1NC(=O)c1cc2ccc(C)cc2[nH]1. The zero-order valence-corrected chi connectivity index (χ0v) is 12.2. The van der Waals surface area contributed by atoms with Crippen LogP contribution in [0.2, 0.25) is 0 Å². The van der Waals surface area contributed by atoms with Gasteiger partial charge in [0.15, 0.2) is 0 Å². The molecule has 0 fully saturated rings. The van der Waals surface area contributed by atoms with Gasteiger partial charge in [0.25, 0.3) is 5.91 Å². The molecule has 3 aromatic rings. The van der Waals surface area contributed by atoms with E-state index in [2.05, 4.69) is 10.3 Å². The highest BCUT2D eigenvalue weighted by molar-refractivity contribution is 6.06. The van der Waals surface area contributed by atoms with Gasteiger partial charge in [-0.2, -0.15) is 0 Å². The van der Waals surface area contributed by atoms with Gasteiger partial charge in [-0.15, -0.1) is 0 Å². The van der Waals surface area contributed by atoms with Gasteiger partial charge < -0.3 is 15.0 Å². The number of methoxy groups -OCH3 is 1. The van der Waals surface area contributed by atoms with Crippen molar-refractivity contribution in [2.45, 2.75) is 6.92 Å². The van der Waals surface area contributed by atoms with Crippen LogP contribution in [-0.2, 0) is 0 Å². The van der Waals surface area contributed by atoms with Gasteiger partial charge in [0.1, 0.15) is 17.3 Å². The first-order chi connectivity index (χ1) is 10.6. The van der Waals surface area contributed by atoms with Crippen LogP contribution in [0.3, 0.4) is 0 Å². The van der Waals surface area contributed by atoms with Gasteiger partial charge >= 0.3 is 0 Å². The van der Waals surface area contributed by atoms with Crippen LogP contribution in [0.4, 0.5) is 10.1 Å². The Morgan fingerprint density at radius 1 is 1.18 bits per heavy atom. The molecule has 2 N–H and O–H groups in total. The molecule has 4 nitrogen and oxygen atoms in total. The monoisotopic (exact) mass is 298 g/mol. The fourth-order valence-corrected chi connectivity index (χ4v) is 2.32. The summed E-state index contributed by atoms with van der Waals surface area (Å²) in [4.78, 5) is 15.4. The molecule has 5 heteroatoms. The molecule has 0 saturated carbocycles. The summed E-state index contributed by atoms with van der Waals surface area (Å²) >= 11 is 0. The minimum absolute atomic E-state index is 0.278. The molecule has 0 aliphatic carbocycles. The summed E-state index contributed by atoms with van der Waals surface area (Å²) in [5, 5.41) is 3.68. The third-order valence-electron chi connectivity index (χ3n) is 3.43. The zero-order valence-electron chi connectivity index (χ0n) is 12.2. The fourth-order valence-electron chi connectivity index (χ4n) is 2.32. The largest absolute Gasteiger partial charge is 0.494 e. The fraction of sp³-hybridized carbons (Fsp3) is 0.118. The van der Waals surface area contributed by atoms with Crippen LogP contribution in [0, 0.1) is 12.7 Å². The molecule has 1 aromatic heterocycles. The van der Waals surface area contributed by atoms with Crippen molar-refractivity contribution < 1.29 is 13.9 Å². The molecule has 0 atom stereocenters. The van der Waals surface area contributed by atoms with Crippen LogP contribution in [0.1, 0.15) is 16.1 Å². The lowest BCUT2D eigenvalue weighted by molar-refractivity contribution is 0.102. The highest BCUT2D eigenvalue weighted by Crippen LogP contribution is 2.26. The number of fused-ring (bicyclic) bond motifs is 1. The minimum Gasteiger partial charge on any atom is -0.494 e. The Hall–Kier alpha value is -2.82. The molecule has 0 radical (unpaired) electrons. The van der Waals surface area contributed by atoms with Crippen molar-refractivity contribution in [1.29, 1.82) is 0 Å². The standard InChI is InChI=1S/C17H15FN2O2/c1-10-3-4-11-8-15(19-14(11)7-10)17(21)20-13-6-5-12(18)9-16(13)22-2/h3-9,19H,1-2H3,(H,20,21). The summed E-state index contributed by atoms with van der Waals surface area (Å²) in [6.45, 7) is 1.99. The maximum Gasteiger partial charge on any atom is 0.272 e. The summed E-state index contributed by atoms with van der Waals surface area (Å²) in [6.07, 6.45) is 0. The lowest BCUT2D eigenvalue weighted by atomic mass is 10.2. The quantitative estimate of drug-likeness (QED) is 0.771. The van der Waals surface area contributed by atoms with Crippen LogP contribution < -0.4 is 10.1 Å². The molecule has 0 aliphatic rings. The highest BCUT2D eigenvalue weighted by Gasteiger charge is 2.13. The highest BCUT2D eigenvalue weighted by atomic mass is 19.1. The van der Waals surface area contributed by atoms with Crippen molar-refractivity contribution in [3.05, 3.63) is 59.5 Å². The Labute approximate surface area is 126 Å². The molecule has 0 bridgehead atoms. The number of hydrogen-bond donors (Lipinski definition) is 2. The van der Waals surface area contributed by atoms with Crippen molar-refractivity contribution in [2.24, 2.45) is 0 Å². The van der Waals surface area contributed by atoms with E-state index in [4.69, 9.17) is 4.74 Å². The molecular weight excluding hydrogens is 283 g/mol. The van der Waals surface area contributed by atoms with E-state index in [1.807, 2.05) is 25.1 Å². The first kappa shape index (κ1) is 14.1. The van der Waals surface area contributed by atoms with E-state index in [0.29, 0.717) is 11.4 Å². The number of amides is 1. The third kappa shape index (κ3) is 2.65. The smallest absolute Gasteiger partial charge is 0.272 e. The molecule has 0 spiro atoms. The molecule has 1 heterocycles. The summed E-state index contributed by atoms with van der Waals surface area (Å²) in [6, 6.07) is 11.7. The lowest BCUT2D eigenvalue weighted by Gasteiger charge is -2.09. The first-order valence-electron chi connectivity index (χ1n) is 6.81. The van der Waals surface area contributed by atoms with E-state index < -0.39 is 5.82 Å². The van der Waals surface area contributed by atoms with E-state index in [0.717, 1.165) is 16.5 Å². The minimum atomic E-state index is -0.420. The van der Waals surface area contributed by atoms with E-state index in [-0.39, 0.29) is 11.7 Å². The number of benzene rings is 2. The number of H-pyrrole nitrogens is 1. The predicted octanol–water partition coefficient (Wildman–Crippen LogP) is 3.88. The number of halogens is 1. The Balaban J connectivity index is 1.90. The summed E-state index contributed by atoms with van der Waals surface area (Å²) in [5.74, 6) is -0.449. The topological polar surface area (TPSA) is 54.1 Å². The summed E-state index contributed by atoms with van der Waals surface area (Å²) < 4.78 is 18.2. The van der Waals surface area contributed by atoms with Crippen LogP contribution in [0.25, 0.3) is 10.9 Å². The normalized spacial score (nSPS) is 10.7. The average Bonchev–Trinajstić information content (AvgIpc) is 2.92. The number of aromatic nitrogens is 1. The van der Waals surface area contributed by atoms with Crippen molar-refractivity contribution in [2.75, 3.05) is 12.4 Å². The summed E-state index contributed by atoms with van der Waals surface area (Å²) in [5.41, 5.74) is 2.87. The Bertz CT molecular complexity index is 855. The van der Waals surface area contributed by atoms with Crippen molar-refractivity contribution in [3.63, 3.8) is 0 Å². The predicted molar refractivity (Wildman–Crippen MR) is 83.9 cm³/mol. The maximum atomic E-state index is 13.2. The number of aromatic amines is 1. The number of rotatable bonds is 3. The first-order valence-corrected chi connectivity index (χ1v) is 6.81. The number of carbonyl (C=O) groups is 1. The Kier molecular flexibility index (Phi) is 3.55. The van der Waals surface area contributed by atoms with Crippen molar-refractivity contribution >= 4 is 22.5 Å². The van der Waals surface area contributed by atoms with Gasteiger partial charge in [-0.3, -0.25) is 4.79 Å². The molecule has 0 unspecified atom stereocenters. The molecule has 0 saturated heterocycles. The van der Waals surface area contributed by atoms with Gasteiger partial charge in [0, 0.05) is 17.0 Å². The Morgan fingerprint density at radius 3 is 2.77 bits per heavy atom. The molecule has 112 valence electrons. The second-order valence-corrected chi connectivity index (χ2v) is 5.07. The lowest BCUT2D eigenvalue weighted by Crippen LogP contribution is -2.13. The molecule has 1 amide bonds. The van der Waals surface area contributed by atoms with Gasteiger partial charge in [-0.05, 0) is 36.8 Å².